The second-order valence-electron chi connectivity index (χ2n) is 6.49. The summed E-state index contributed by atoms with van der Waals surface area (Å²) >= 11 is 0. The van der Waals surface area contributed by atoms with Crippen LogP contribution in [0.2, 0.25) is 0 Å². The summed E-state index contributed by atoms with van der Waals surface area (Å²) in [7, 11) is 0. The highest BCUT2D eigenvalue weighted by Gasteiger charge is 2.44. The fraction of sp³-hybridized carbons (Fsp3) is 0.500. The first-order chi connectivity index (χ1) is 12.7. The molecule has 158 valence electrons. The van der Waals surface area contributed by atoms with Crippen LogP contribution in [0.5, 0.6) is 11.5 Å². The minimum atomic E-state index is -3.90. The molecule has 4 nitrogen and oxygen atoms in total. The van der Waals surface area contributed by atoms with Gasteiger partial charge in [-0.2, -0.15) is 0 Å². The normalized spacial score (nSPS) is 12.6. The number of hydrogen-bond acceptors (Lipinski definition) is 4. The summed E-state index contributed by atoms with van der Waals surface area (Å²) in [5.41, 5.74) is 0.165. The van der Waals surface area contributed by atoms with Crippen molar-refractivity contribution in [3.05, 3.63) is 36.4 Å². The molecular formula is C18H21F6NO3. The Bertz CT molecular complexity index is 671. The van der Waals surface area contributed by atoms with Crippen LogP contribution in [-0.2, 0) is 4.79 Å². The summed E-state index contributed by atoms with van der Waals surface area (Å²) in [5.74, 6) is -11.6. The zero-order chi connectivity index (χ0) is 21.6. The number of esters is 1. The van der Waals surface area contributed by atoms with Gasteiger partial charge in [0.05, 0.1) is 19.5 Å². The van der Waals surface area contributed by atoms with Gasteiger partial charge in [0, 0.05) is 12.5 Å². The second kappa shape index (κ2) is 9.31. The van der Waals surface area contributed by atoms with Crippen molar-refractivity contribution >= 4 is 5.97 Å². The van der Waals surface area contributed by atoms with Crippen molar-refractivity contribution in [2.45, 2.75) is 38.0 Å². The average Bonchev–Trinajstić information content (AvgIpc) is 2.51. The van der Waals surface area contributed by atoms with Crippen molar-refractivity contribution in [1.82, 2.24) is 5.32 Å². The van der Waals surface area contributed by atoms with E-state index in [1.54, 1.807) is 5.32 Å². The number of carbonyl (C=O) groups excluding carboxylic acids is 1. The second-order valence-corrected chi connectivity index (χ2v) is 6.49. The van der Waals surface area contributed by atoms with E-state index in [4.69, 9.17) is 9.47 Å². The maximum absolute atomic E-state index is 13.7. The molecule has 28 heavy (non-hydrogen) atoms. The molecule has 0 aliphatic heterocycles. The van der Waals surface area contributed by atoms with E-state index >= 15 is 0 Å². The number of nitrogens with one attached hydrogen (secondary N) is 1. The Labute approximate surface area is 158 Å². The smallest absolute Gasteiger partial charge is 0.338 e. The van der Waals surface area contributed by atoms with Crippen molar-refractivity contribution in [3.8, 4) is 11.5 Å². The van der Waals surface area contributed by atoms with Gasteiger partial charge in [0.15, 0.2) is 6.61 Å². The van der Waals surface area contributed by atoms with Crippen LogP contribution in [0.3, 0.4) is 0 Å². The van der Waals surface area contributed by atoms with Crippen LogP contribution in [0, 0.1) is 0 Å². The number of benzene rings is 1. The lowest BCUT2D eigenvalue weighted by atomic mass is 10.1. The molecular weight excluding hydrogens is 392 g/mol. The van der Waals surface area contributed by atoms with Crippen molar-refractivity contribution < 1.29 is 40.6 Å². The van der Waals surface area contributed by atoms with Crippen LogP contribution in [0.4, 0.5) is 26.3 Å². The summed E-state index contributed by atoms with van der Waals surface area (Å²) < 4.78 is 89.5. The number of halogens is 6. The molecule has 0 aliphatic rings. The van der Waals surface area contributed by atoms with Gasteiger partial charge in [-0.15, -0.1) is 0 Å². The third-order valence-corrected chi connectivity index (χ3v) is 3.17. The molecule has 1 aromatic rings. The molecule has 0 saturated heterocycles. The SMILES string of the molecule is C=C(C)C(=O)Oc1ccc(OCC(F)(F)CC(F)(F)CNCC(C)(F)F)cc1. The van der Waals surface area contributed by atoms with E-state index in [0.717, 1.165) is 0 Å². The third kappa shape index (κ3) is 9.63. The lowest BCUT2D eigenvalue weighted by Crippen LogP contribution is -2.43. The van der Waals surface area contributed by atoms with Gasteiger partial charge in [-0.05, 0) is 31.2 Å². The molecule has 0 aromatic heterocycles. The van der Waals surface area contributed by atoms with Gasteiger partial charge >= 0.3 is 5.97 Å². The quantitative estimate of drug-likeness (QED) is 0.252. The summed E-state index contributed by atoms with van der Waals surface area (Å²) in [6.07, 6.45) is -1.86. The Balaban J connectivity index is 2.53. The predicted molar refractivity (Wildman–Crippen MR) is 90.4 cm³/mol. The van der Waals surface area contributed by atoms with Gasteiger partial charge in [-0.3, -0.25) is 0 Å². The number of alkyl halides is 6. The largest absolute Gasteiger partial charge is 0.487 e. The first-order valence-electron chi connectivity index (χ1n) is 8.14. The molecule has 0 saturated carbocycles. The molecule has 1 rings (SSSR count). The topological polar surface area (TPSA) is 47.6 Å². The van der Waals surface area contributed by atoms with Gasteiger partial charge in [0.1, 0.15) is 11.5 Å². The lowest BCUT2D eigenvalue weighted by molar-refractivity contribution is -0.130. The van der Waals surface area contributed by atoms with Crippen LogP contribution in [0.25, 0.3) is 0 Å². The molecule has 0 spiro atoms. The van der Waals surface area contributed by atoms with Gasteiger partial charge in [0.2, 0.25) is 0 Å². The highest BCUT2D eigenvalue weighted by Crippen LogP contribution is 2.31. The monoisotopic (exact) mass is 413 g/mol. The van der Waals surface area contributed by atoms with Gasteiger partial charge in [0.25, 0.3) is 17.8 Å². The summed E-state index contributed by atoms with van der Waals surface area (Å²) in [6.45, 7) is 1.67. The molecule has 0 unspecified atom stereocenters. The van der Waals surface area contributed by atoms with Gasteiger partial charge < -0.3 is 14.8 Å². The maximum atomic E-state index is 13.7. The zero-order valence-corrected chi connectivity index (χ0v) is 15.3. The Morgan fingerprint density at radius 3 is 2.04 bits per heavy atom. The van der Waals surface area contributed by atoms with E-state index in [1.807, 2.05) is 0 Å². The van der Waals surface area contributed by atoms with Crippen LogP contribution in [0.15, 0.2) is 36.4 Å². The van der Waals surface area contributed by atoms with Crippen molar-refractivity contribution in [2.24, 2.45) is 0 Å². The fourth-order valence-corrected chi connectivity index (χ4v) is 1.94. The lowest BCUT2D eigenvalue weighted by Gasteiger charge is -2.24. The van der Waals surface area contributed by atoms with Crippen molar-refractivity contribution in [2.75, 3.05) is 19.7 Å². The Morgan fingerprint density at radius 1 is 1.00 bits per heavy atom. The highest BCUT2D eigenvalue weighted by atomic mass is 19.3. The number of ether oxygens (including phenoxy) is 2. The number of rotatable bonds is 11. The van der Waals surface area contributed by atoms with Crippen LogP contribution >= 0.6 is 0 Å². The van der Waals surface area contributed by atoms with Gasteiger partial charge in [-0.25, -0.2) is 31.1 Å². The number of hydrogen-bond donors (Lipinski definition) is 1. The first-order valence-corrected chi connectivity index (χ1v) is 8.14. The predicted octanol–water partition coefficient (Wildman–Crippen LogP) is 4.45. The molecule has 1 N–H and O–H groups in total. The van der Waals surface area contributed by atoms with E-state index in [2.05, 4.69) is 6.58 Å². The average molecular weight is 413 g/mol. The van der Waals surface area contributed by atoms with Crippen molar-refractivity contribution in [3.63, 3.8) is 0 Å². The highest BCUT2D eigenvalue weighted by molar-refractivity contribution is 5.88. The molecule has 0 radical (unpaired) electrons. The van der Waals surface area contributed by atoms with Gasteiger partial charge in [-0.1, -0.05) is 6.58 Å². The molecule has 0 heterocycles. The summed E-state index contributed by atoms with van der Waals surface area (Å²) in [5, 5.41) is 1.77. The molecule has 0 atom stereocenters. The standard InChI is InChI=1S/C18H21F6NO3/c1-12(2)15(26)28-14-6-4-13(5-7-14)27-11-18(23,24)8-17(21,22)10-25-9-16(3,19)20/h4-7,25H,1,8-11H2,2-3H3. The van der Waals surface area contributed by atoms with Crippen molar-refractivity contribution in [1.29, 1.82) is 0 Å². The summed E-state index contributed by atoms with van der Waals surface area (Å²) in [4.78, 5) is 11.3. The van der Waals surface area contributed by atoms with E-state index in [0.29, 0.717) is 6.92 Å². The van der Waals surface area contributed by atoms with E-state index < -0.39 is 49.9 Å². The van der Waals surface area contributed by atoms with Crippen LogP contribution < -0.4 is 14.8 Å². The maximum Gasteiger partial charge on any atom is 0.338 e. The van der Waals surface area contributed by atoms with Crippen LogP contribution in [0.1, 0.15) is 20.3 Å². The molecule has 0 amide bonds. The van der Waals surface area contributed by atoms with E-state index in [1.165, 1.54) is 31.2 Å². The molecule has 1 aromatic carbocycles. The minimum absolute atomic E-state index is 0.0538. The molecule has 0 aliphatic carbocycles. The fourth-order valence-electron chi connectivity index (χ4n) is 1.94. The summed E-state index contributed by atoms with van der Waals surface area (Å²) in [6, 6.07) is 5.00. The molecule has 0 fully saturated rings. The van der Waals surface area contributed by atoms with Crippen LogP contribution in [-0.4, -0.2) is 43.4 Å². The minimum Gasteiger partial charge on any atom is -0.487 e. The first kappa shape index (κ1) is 23.8. The zero-order valence-electron chi connectivity index (χ0n) is 15.3. The van der Waals surface area contributed by atoms with E-state index in [9.17, 15) is 31.1 Å². The molecule has 0 bridgehead atoms. The number of carbonyl (C=O) groups is 1. The Hall–Kier alpha value is -2.23. The Kier molecular flexibility index (Phi) is 7.92. The molecule has 10 heteroatoms. The van der Waals surface area contributed by atoms with E-state index in [-0.39, 0.29) is 17.1 Å². The third-order valence-electron chi connectivity index (χ3n) is 3.17. The Morgan fingerprint density at radius 2 is 1.54 bits per heavy atom.